The fraction of sp³-hybridized carbons (Fsp3) is 0.200. The van der Waals surface area contributed by atoms with Crippen molar-refractivity contribution in [2.24, 2.45) is 0 Å². The average Bonchev–Trinajstić information content (AvgIpc) is 2.40. The van der Waals surface area contributed by atoms with Gasteiger partial charge in [-0.25, -0.2) is 4.39 Å². The van der Waals surface area contributed by atoms with E-state index in [9.17, 15) is 4.39 Å². The molecule has 0 aromatic heterocycles. The number of para-hydroxylation sites is 1. The summed E-state index contributed by atoms with van der Waals surface area (Å²) >= 11 is 3.54. The van der Waals surface area contributed by atoms with E-state index in [1.54, 1.807) is 6.07 Å². The second kappa shape index (κ2) is 4.73. The highest BCUT2D eigenvalue weighted by molar-refractivity contribution is 9.10. The minimum atomic E-state index is -0.134. The van der Waals surface area contributed by atoms with Crippen LogP contribution in [-0.2, 0) is 6.42 Å². The number of hydrogen-bond acceptors (Lipinski definition) is 1. The van der Waals surface area contributed by atoms with Crippen LogP contribution in [0.2, 0.25) is 0 Å². The van der Waals surface area contributed by atoms with E-state index < -0.39 is 0 Å². The normalized spacial score (nSPS) is 18.0. The number of aryl methyl sites for hydroxylation is 1. The Kier molecular flexibility index (Phi) is 3.08. The van der Waals surface area contributed by atoms with Gasteiger partial charge in [-0.15, -0.1) is 0 Å². The zero-order valence-electron chi connectivity index (χ0n) is 9.79. The highest BCUT2D eigenvalue weighted by atomic mass is 79.9. The van der Waals surface area contributed by atoms with Gasteiger partial charge in [0, 0.05) is 10.0 Å². The van der Waals surface area contributed by atoms with Crippen molar-refractivity contribution >= 4 is 21.6 Å². The Morgan fingerprint density at radius 1 is 1.11 bits per heavy atom. The number of rotatable bonds is 1. The van der Waals surface area contributed by atoms with E-state index in [4.69, 9.17) is 0 Å². The number of anilines is 1. The van der Waals surface area contributed by atoms with Gasteiger partial charge in [0.1, 0.15) is 5.82 Å². The van der Waals surface area contributed by atoms with Crippen LogP contribution in [0.1, 0.15) is 23.6 Å². The van der Waals surface area contributed by atoms with Gasteiger partial charge in [0.2, 0.25) is 0 Å². The smallest absolute Gasteiger partial charge is 0.128 e. The Bertz CT molecular complexity index is 582. The first-order chi connectivity index (χ1) is 8.75. The summed E-state index contributed by atoms with van der Waals surface area (Å²) in [5.74, 6) is -0.134. The van der Waals surface area contributed by atoms with Crippen LogP contribution >= 0.6 is 15.9 Å². The molecule has 0 fully saturated rings. The first-order valence-corrected chi connectivity index (χ1v) is 6.83. The second-order valence-electron chi connectivity index (χ2n) is 4.53. The molecule has 1 N–H and O–H groups in total. The van der Waals surface area contributed by atoms with Gasteiger partial charge in [0.05, 0.1) is 11.7 Å². The largest absolute Gasteiger partial charge is 0.377 e. The summed E-state index contributed by atoms with van der Waals surface area (Å²) in [6.07, 6.45) is 1.89. The molecule has 3 rings (SSSR count). The molecule has 2 aromatic carbocycles. The van der Waals surface area contributed by atoms with Crippen LogP contribution in [0.15, 0.2) is 46.9 Å². The third-order valence-corrected chi connectivity index (χ3v) is 4.06. The molecule has 18 heavy (non-hydrogen) atoms. The predicted molar refractivity (Wildman–Crippen MR) is 75.2 cm³/mol. The van der Waals surface area contributed by atoms with Crippen molar-refractivity contribution in [3.63, 3.8) is 0 Å². The molecule has 1 aliphatic rings. The molecule has 1 heterocycles. The van der Waals surface area contributed by atoms with Crippen molar-refractivity contribution in [3.8, 4) is 0 Å². The molecule has 0 amide bonds. The SMILES string of the molecule is Fc1ccccc1C1CCc2cccc(Br)c2N1. The van der Waals surface area contributed by atoms with Crippen LogP contribution in [0.25, 0.3) is 0 Å². The summed E-state index contributed by atoms with van der Waals surface area (Å²) in [6, 6.07) is 13.2. The highest BCUT2D eigenvalue weighted by Gasteiger charge is 2.22. The van der Waals surface area contributed by atoms with Gasteiger partial charge in [0.15, 0.2) is 0 Å². The van der Waals surface area contributed by atoms with Gasteiger partial charge in [-0.2, -0.15) is 0 Å². The summed E-state index contributed by atoms with van der Waals surface area (Å²) in [5.41, 5.74) is 3.13. The summed E-state index contributed by atoms with van der Waals surface area (Å²) in [7, 11) is 0. The van der Waals surface area contributed by atoms with Gasteiger partial charge in [-0.05, 0) is 46.5 Å². The van der Waals surface area contributed by atoms with Gasteiger partial charge >= 0.3 is 0 Å². The topological polar surface area (TPSA) is 12.0 Å². The van der Waals surface area contributed by atoms with Crippen LogP contribution in [0.5, 0.6) is 0 Å². The lowest BCUT2D eigenvalue weighted by Gasteiger charge is -2.28. The van der Waals surface area contributed by atoms with Crippen molar-refractivity contribution in [2.75, 3.05) is 5.32 Å². The zero-order chi connectivity index (χ0) is 12.5. The maximum atomic E-state index is 13.8. The monoisotopic (exact) mass is 305 g/mol. The van der Waals surface area contributed by atoms with E-state index >= 15 is 0 Å². The number of halogens is 2. The summed E-state index contributed by atoms with van der Waals surface area (Å²) < 4.78 is 14.8. The maximum Gasteiger partial charge on any atom is 0.128 e. The molecule has 0 spiro atoms. The lowest BCUT2D eigenvalue weighted by molar-refractivity contribution is 0.572. The third-order valence-electron chi connectivity index (χ3n) is 3.40. The van der Waals surface area contributed by atoms with E-state index in [1.165, 1.54) is 11.6 Å². The Hall–Kier alpha value is -1.35. The van der Waals surface area contributed by atoms with E-state index in [-0.39, 0.29) is 11.9 Å². The lowest BCUT2D eigenvalue weighted by Crippen LogP contribution is -2.19. The average molecular weight is 306 g/mol. The summed E-state index contributed by atoms with van der Waals surface area (Å²) in [4.78, 5) is 0. The molecule has 3 heteroatoms. The minimum absolute atomic E-state index is 0.0531. The molecule has 0 saturated carbocycles. The number of fused-ring (bicyclic) bond motifs is 1. The standard InChI is InChI=1S/C15H13BrFN/c16-12-6-3-4-10-8-9-14(18-15(10)12)11-5-1-2-7-13(11)17/h1-7,14,18H,8-9H2. The molecule has 92 valence electrons. The van der Waals surface area contributed by atoms with E-state index in [0.717, 1.165) is 28.6 Å². The van der Waals surface area contributed by atoms with Crippen LogP contribution in [0.3, 0.4) is 0 Å². The molecule has 1 aliphatic heterocycles. The molecular weight excluding hydrogens is 293 g/mol. The number of hydrogen-bond donors (Lipinski definition) is 1. The summed E-state index contributed by atoms with van der Waals surface area (Å²) in [6.45, 7) is 0. The van der Waals surface area contributed by atoms with E-state index in [1.807, 2.05) is 24.3 Å². The molecule has 0 saturated heterocycles. The molecule has 0 bridgehead atoms. The highest BCUT2D eigenvalue weighted by Crippen LogP contribution is 2.37. The molecule has 1 unspecified atom stereocenters. The van der Waals surface area contributed by atoms with Crippen LogP contribution < -0.4 is 5.32 Å². The lowest BCUT2D eigenvalue weighted by atomic mass is 9.93. The fourth-order valence-electron chi connectivity index (χ4n) is 2.48. The quantitative estimate of drug-likeness (QED) is 0.806. The Morgan fingerprint density at radius 3 is 2.78 bits per heavy atom. The van der Waals surface area contributed by atoms with Crippen molar-refractivity contribution in [1.29, 1.82) is 0 Å². The molecule has 1 atom stereocenters. The minimum Gasteiger partial charge on any atom is -0.377 e. The van der Waals surface area contributed by atoms with Crippen molar-refractivity contribution in [3.05, 3.63) is 63.9 Å². The second-order valence-corrected chi connectivity index (χ2v) is 5.39. The van der Waals surface area contributed by atoms with Crippen molar-refractivity contribution in [1.82, 2.24) is 0 Å². The maximum absolute atomic E-state index is 13.8. The summed E-state index contributed by atoms with van der Waals surface area (Å²) in [5, 5.41) is 3.44. The van der Waals surface area contributed by atoms with Crippen molar-refractivity contribution < 1.29 is 4.39 Å². The van der Waals surface area contributed by atoms with Crippen molar-refractivity contribution in [2.45, 2.75) is 18.9 Å². The van der Waals surface area contributed by atoms with Crippen LogP contribution in [-0.4, -0.2) is 0 Å². The number of nitrogens with one attached hydrogen (secondary N) is 1. The Morgan fingerprint density at radius 2 is 1.94 bits per heavy atom. The molecular formula is C15H13BrFN. The first kappa shape index (κ1) is 11.7. The zero-order valence-corrected chi connectivity index (χ0v) is 11.4. The molecule has 0 aliphatic carbocycles. The van der Waals surface area contributed by atoms with Gasteiger partial charge < -0.3 is 5.32 Å². The Labute approximate surface area is 114 Å². The third kappa shape index (κ3) is 2.03. The number of benzene rings is 2. The first-order valence-electron chi connectivity index (χ1n) is 6.04. The fourth-order valence-corrected chi connectivity index (χ4v) is 3.00. The van der Waals surface area contributed by atoms with Gasteiger partial charge in [-0.3, -0.25) is 0 Å². The van der Waals surface area contributed by atoms with Crippen LogP contribution in [0, 0.1) is 5.82 Å². The van der Waals surface area contributed by atoms with Crippen LogP contribution in [0.4, 0.5) is 10.1 Å². The molecule has 1 nitrogen and oxygen atoms in total. The van der Waals surface area contributed by atoms with E-state index in [0.29, 0.717) is 0 Å². The molecule has 2 aromatic rings. The van der Waals surface area contributed by atoms with Gasteiger partial charge in [-0.1, -0.05) is 30.3 Å². The Balaban J connectivity index is 1.96. The van der Waals surface area contributed by atoms with E-state index in [2.05, 4.69) is 27.3 Å². The molecule has 0 radical (unpaired) electrons. The van der Waals surface area contributed by atoms with Gasteiger partial charge in [0.25, 0.3) is 0 Å². The predicted octanol–water partition coefficient (Wildman–Crippen LogP) is 4.69.